The van der Waals surface area contributed by atoms with Crippen LogP contribution in [0.3, 0.4) is 0 Å². The second-order valence-electron chi connectivity index (χ2n) is 25.6. The van der Waals surface area contributed by atoms with Gasteiger partial charge < -0.3 is 9.47 Å². The maximum atomic E-state index is 14.8. The maximum absolute atomic E-state index is 14.8. The smallest absolute Gasteiger partial charge is 0.417 e. The van der Waals surface area contributed by atoms with E-state index in [2.05, 4.69) is 53.1 Å². The number of thioether (sulfide) groups is 1. The van der Waals surface area contributed by atoms with E-state index in [1.807, 2.05) is 12.1 Å². The van der Waals surface area contributed by atoms with Crippen molar-refractivity contribution in [2.75, 3.05) is 79.8 Å². The molecule has 0 unspecified atom stereocenters. The van der Waals surface area contributed by atoms with Crippen LogP contribution in [0.1, 0.15) is 84.8 Å². The molecule has 0 spiro atoms. The highest BCUT2D eigenvalue weighted by Crippen LogP contribution is 2.37. The Morgan fingerprint density at radius 1 is 0.561 bits per heavy atom. The molecule has 114 heavy (non-hydrogen) atoms. The number of hydrogen-bond acceptors (Lipinski definition) is 30. The number of rotatable bonds is 14. The van der Waals surface area contributed by atoms with Gasteiger partial charge in [0, 0.05) is 73.4 Å². The number of sulfone groups is 3. The van der Waals surface area contributed by atoms with E-state index in [0.717, 1.165) is 66.6 Å². The van der Waals surface area contributed by atoms with Crippen LogP contribution < -0.4 is 0 Å². The SMILES string of the molecule is CC(C)(C)OC(=O)N1Cc2nc(-c3c(F)cccc3C#N)cc(-n3ccc(S(C)(=O)=O)n3)c2C1=O.CC(C)(C)OC(=O)N1Cc2nc(-c3c(F)cccc3C#N)cc(Cl)c2C1=O.CN(C)S(=O)(=O)n1cccn1.CN(C)S(=O)(=O)n1nccc1S(C)(=O)=O.CS(=O)(=O)c1ccn[nH]1.CSSC.CSc1ccnn1S(=O)(=O)N(C)C. The molecule has 0 aliphatic carbocycles. The van der Waals surface area contributed by atoms with Crippen LogP contribution in [-0.2, 0) is 82.7 Å². The van der Waals surface area contributed by atoms with Crippen LogP contribution in [0, 0.1) is 34.3 Å². The number of nitrogens with one attached hydrogen (secondary N) is 1. The summed E-state index contributed by atoms with van der Waals surface area (Å²) in [6, 6.07) is 21.5. The second-order valence-corrected chi connectivity index (χ2v) is 41.4. The number of imide groups is 2. The molecule has 0 atom stereocenters. The Balaban J connectivity index is 0.000000258. The minimum absolute atomic E-state index is 0.00660. The van der Waals surface area contributed by atoms with Crippen LogP contribution in [0.25, 0.3) is 28.2 Å². The Labute approximate surface area is 675 Å². The van der Waals surface area contributed by atoms with E-state index >= 15 is 0 Å². The topological polar surface area (TPSA) is 481 Å². The van der Waals surface area contributed by atoms with E-state index < -0.39 is 107 Å². The highest BCUT2D eigenvalue weighted by Gasteiger charge is 2.41. The number of fused-ring (bicyclic) bond motifs is 2. The lowest BCUT2D eigenvalue weighted by Crippen LogP contribution is -2.37. The van der Waals surface area contributed by atoms with Crippen molar-refractivity contribution in [1.29, 1.82) is 10.5 Å². The third-order valence-electron chi connectivity index (χ3n) is 14.2. The first-order valence-electron chi connectivity index (χ1n) is 32.0. The average Bonchev–Trinajstić information content (AvgIpc) is 1.59. The number of nitriles is 2. The number of carbonyl (C=O) groups excluding carboxylic acids is 4. The van der Waals surface area contributed by atoms with E-state index in [9.17, 15) is 89.0 Å². The van der Waals surface area contributed by atoms with Gasteiger partial charge in [-0.05, 0) is 127 Å². The molecule has 0 saturated heterocycles. The Kier molecular flexibility index (Phi) is 32.3. The first-order valence-corrected chi connectivity index (χ1v) is 46.4. The number of pyridine rings is 2. The average molecular weight is 1780 g/mol. The highest BCUT2D eigenvalue weighted by atomic mass is 35.5. The summed E-state index contributed by atoms with van der Waals surface area (Å²) in [5, 5.41) is 39.6. The quantitative estimate of drug-likeness (QED) is 0.0803. The fourth-order valence-electron chi connectivity index (χ4n) is 8.94. The van der Waals surface area contributed by atoms with Crippen LogP contribution in [0.4, 0.5) is 18.4 Å². The second kappa shape index (κ2) is 38.7. The zero-order valence-corrected chi connectivity index (χ0v) is 72.2. The van der Waals surface area contributed by atoms with Gasteiger partial charge in [0.2, 0.25) is 0 Å². The predicted molar refractivity (Wildman–Crippen MR) is 420 cm³/mol. The number of carbonyl (C=O) groups is 4. The molecule has 2 aliphatic rings. The van der Waals surface area contributed by atoms with Crippen molar-refractivity contribution in [2.45, 2.75) is 85.9 Å². The van der Waals surface area contributed by atoms with Gasteiger partial charge in [-0.1, -0.05) is 45.3 Å². The molecule has 0 fully saturated rings. The summed E-state index contributed by atoms with van der Waals surface area (Å²) in [5.41, 5.74) is -1.04. The molecular weight excluding hydrogens is 1700 g/mol. The van der Waals surface area contributed by atoms with Gasteiger partial charge in [0.25, 0.3) is 11.8 Å². The molecule has 1 N–H and O–H groups in total. The van der Waals surface area contributed by atoms with Gasteiger partial charge in [-0.3, -0.25) is 14.7 Å². The van der Waals surface area contributed by atoms with Crippen LogP contribution in [0.5, 0.6) is 0 Å². The minimum Gasteiger partial charge on any atom is -0.443 e. The molecule has 0 saturated carbocycles. The largest absolute Gasteiger partial charge is 0.443 e. The lowest BCUT2D eigenvalue weighted by atomic mass is 10.0. The zero-order chi connectivity index (χ0) is 86.4. The minimum atomic E-state index is -3.89. The Bertz CT molecular complexity index is 5820. The van der Waals surface area contributed by atoms with E-state index in [4.69, 9.17) is 21.1 Å². The molecule has 4 amide bonds. The molecule has 616 valence electrons. The van der Waals surface area contributed by atoms with Gasteiger partial charge in [-0.25, -0.2) is 68.1 Å². The fraction of sp³-hybridized carbons (Fsp3) is 0.338. The number of ether oxygens (including phenoxy) is 2. The number of hydrogen-bond donors (Lipinski definition) is 1. The number of H-pyrrole nitrogens is 1. The Morgan fingerprint density at radius 2 is 1.03 bits per heavy atom. The van der Waals surface area contributed by atoms with Gasteiger partial charge in [0.15, 0.2) is 39.6 Å². The number of aromatic amines is 1. The van der Waals surface area contributed by atoms with Crippen LogP contribution in [0.15, 0.2) is 136 Å². The molecule has 11 rings (SSSR count). The first kappa shape index (κ1) is 95.0. The summed E-state index contributed by atoms with van der Waals surface area (Å²) in [7, 11) is -9.10. The van der Waals surface area contributed by atoms with E-state index in [1.165, 1.54) is 146 Å². The molecule has 9 heterocycles. The fourth-order valence-corrected chi connectivity index (χ4v) is 14.8. The normalized spacial score (nSPS) is 12.8. The molecule has 2 aromatic carbocycles. The van der Waals surface area contributed by atoms with Crippen molar-refractivity contribution < 1.29 is 87.9 Å². The standard InChI is InChI=1S/C23H20FN5O5S.C19H15ClFN3O3.C6H11N3O4S2.C6H11N3O2S2.C5H9N3O2S.C4H6N2O2S.C2H6S2/c1-23(2,3)34-22(31)28-12-16-20(21(28)30)17(29-9-8-18(27-29)35(4,32)33)10-15(26-16)19-13(11-25)6-5-7-14(19)24;1-19(2,3)27-18(26)24-9-14-16(17(24)25)11(20)7-13(23-14)15-10(8-22)5-4-6-12(15)21;1-8(2)15(12,13)9-6(4-5-7-9)14(3,10)11;1-8(2)13(10,11)9-6(12-3)4-5-7-9;1-7(2)11(9,10)8-5-3-4-6-8;1-9(7,8)4-2-3-5-6-4;1-3-4-2/h5-10H,12H2,1-4H3;4-7H,9H2,1-3H3;4-5H,1-3H3;4-5H,1-3H3;3-5H,1-2H3;2-3H,1H3,(H,5,6);1-2H3. The van der Waals surface area contributed by atoms with Crippen LogP contribution in [0.2, 0.25) is 5.02 Å². The molecule has 0 bridgehead atoms. The highest BCUT2D eigenvalue weighted by molar-refractivity contribution is 8.76. The molecule has 2 aliphatic heterocycles. The predicted octanol–water partition coefficient (Wildman–Crippen LogP) is 7.72. The van der Waals surface area contributed by atoms with Crippen molar-refractivity contribution in [3.63, 3.8) is 0 Å². The Hall–Kier alpha value is -9.57. The maximum Gasteiger partial charge on any atom is 0.417 e. The lowest BCUT2D eigenvalue weighted by molar-refractivity contribution is 0.0230. The molecule has 49 heteroatoms. The van der Waals surface area contributed by atoms with Crippen molar-refractivity contribution in [3.8, 4) is 40.3 Å². The first-order chi connectivity index (χ1) is 52.7. The van der Waals surface area contributed by atoms with Crippen molar-refractivity contribution >= 4 is 129 Å². The van der Waals surface area contributed by atoms with Gasteiger partial charge in [-0.15, -0.1) is 19.9 Å². The number of nitrogens with zero attached hydrogens (tertiary/aromatic N) is 18. The third kappa shape index (κ3) is 24.3. The monoisotopic (exact) mass is 1770 g/mol. The van der Waals surface area contributed by atoms with Gasteiger partial charge in [0.1, 0.15) is 32.9 Å². The van der Waals surface area contributed by atoms with E-state index in [-0.39, 0.29) is 95.0 Å². The van der Waals surface area contributed by atoms with Gasteiger partial charge in [0.05, 0.1) is 117 Å². The molecule has 9 aromatic rings. The van der Waals surface area contributed by atoms with Crippen molar-refractivity contribution in [3.05, 3.63) is 166 Å². The van der Waals surface area contributed by atoms with Crippen molar-refractivity contribution in [2.24, 2.45) is 0 Å². The van der Waals surface area contributed by atoms with Crippen LogP contribution >= 0.6 is 45.0 Å². The summed E-state index contributed by atoms with van der Waals surface area (Å²) in [6.45, 7) is 9.60. The summed E-state index contributed by atoms with van der Waals surface area (Å²) in [4.78, 5) is 61.2. The third-order valence-corrected chi connectivity index (χ3v) is 24.8. The van der Waals surface area contributed by atoms with Gasteiger partial charge >= 0.3 is 42.8 Å². The number of amides is 4. The summed E-state index contributed by atoms with van der Waals surface area (Å²) in [5.74, 6) is -2.70. The number of aromatic nitrogens is 12. The Morgan fingerprint density at radius 3 is 1.42 bits per heavy atom. The molecular formula is C65H78ClF2N19O18S9. The number of halogens is 3. The molecule has 37 nitrogen and oxygen atoms in total. The summed E-state index contributed by atoms with van der Waals surface area (Å²) >= 11 is 7.57. The van der Waals surface area contributed by atoms with Crippen LogP contribution in [-0.4, -0.2) is 246 Å². The number of benzene rings is 2. The van der Waals surface area contributed by atoms with E-state index in [1.54, 1.807) is 81.5 Å². The summed E-state index contributed by atoms with van der Waals surface area (Å²) in [6.07, 6.45) is 15.4. The van der Waals surface area contributed by atoms with E-state index in [0.29, 0.717) is 9.11 Å². The van der Waals surface area contributed by atoms with Crippen molar-refractivity contribution in [1.82, 2.24) is 80.2 Å². The zero-order valence-electron chi connectivity index (χ0n) is 64.1. The molecule has 0 radical (unpaired) electrons. The summed E-state index contributed by atoms with van der Waals surface area (Å²) < 4.78 is 183. The lowest BCUT2D eigenvalue weighted by Gasteiger charge is -2.23. The van der Waals surface area contributed by atoms with Gasteiger partial charge in [-0.2, -0.15) is 78.3 Å². The molecule has 7 aromatic heterocycles.